The number of hydrogen-bond acceptors (Lipinski definition) is 1. The lowest BCUT2D eigenvalue weighted by Crippen LogP contribution is -2.06. The Morgan fingerprint density at radius 3 is 2.79 bits per heavy atom. The minimum atomic E-state index is 1.04. The van der Waals surface area contributed by atoms with Crippen molar-refractivity contribution < 1.29 is 0 Å². The second-order valence-electron chi connectivity index (χ2n) is 3.48. The predicted octanol–water partition coefficient (Wildman–Crippen LogP) is 2.49. The maximum absolute atomic E-state index is 4.27. The highest BCUT2D eigenvalue weighted by Crippen LogP contribution is 2.31. The highest BCUT2D eigenvalue weighted by molar-refractivity contribution is 5.80. The van der Waals surface area contributed by atoms with Crippen LogP contribution < -0.4 is 0 Å². The summed E-state index contributed by atoms with van der Waals surface area (Å²) >= 11 is 0. The number of aromatic nitrogens is 2. The van der Waals surface area contributed by atoms with Gasteiger partial charge in [0.25, 0.3) is 0 Å². The summed E-state index contributed by atoms with van der Waals surface area (Å²) in [4.78, 5) is 0. The van der Waals surface area contributed by atoms with Gasteiger partial charge in [-0.3, -0.25) is 4.68 Å². The number of aryl methyl sites for hydroxylation is 1. The van der Waals surface area contributed by atoms with Gasteiger partial charge in [-0.25, -0.2) is 0 Å². The third kappa shape index (κ3) is 1.15. The molecule has 0 fully saturated rings. The Kier molecular flexibility index (Phi) is 2.12. The SMILES string of the molecule is C=CC1=C(C=C)c2cnn(C)c2CC1. The van der Waals surface area contributed by atoms with E-state index < -0.39 is 0 Å². The highest BCUT2D eigenvalue weighted by atomic mass is 15.3. The molecule has 0 aromatic carbocycles. The molecule has 0 saturated heterocycles. The van der Waals surface area contributed by atoms with Gasteiger partial charge in [0.1, 0.15) is 0 Å². The third-order valence-electron chi connectivity index (χ3n) is 2.78. The first kappa shape index (κ1) is 9.00. The van der Waals surface area contributed by atoms with Crippen LogP contribution in [0.4, 0.5) is 0 Å². The van der Waals surface area contributed by atoms with Crippen LogP contribution in [0.3, 0.4) is 0 Å². The molecular formula is C12H14N2. The van der Waals surface area contributed by atoms with Crippen LogP contribution in [0.1, 0.15) is 17.7 Å². The van der Waals surface area contributed by atoms with Gasteiger partial charge in [0, 0.05) is 18.3 Å². The fourth-order valence-corrected chi connectivity index (χ4v) is 2.00. The summed E-state index contributed by atoms with van der Waals surface area (Å²) in [5.41, 5.74) is 4.98. The maximum Gasteiger partial charge on any atom is 0.0571 e. The average molecular weight is 186 g/mol. The molecule has 2 heteroatoms. The summed E-state index contributed by atoms with van der Waals surface area (Å²) < 4.78 is 1.94. The Morgan fingerprint density at radius 1 is 1.36 bits per heavy atom. The van der Waals surface area contributed by atoms with E-state index in [2.05, 4.69) is 18.3 Å². The summed E-state index contributed by atoms with van der Waals surface area (Å²) in [5, 5.41) is 4.27. The van der Waals surface area contributed by atoms with Gasteiger partial charge < -0.3 is 0 Å². The van der Waals surface area contributed by atoms with Crippen molar-refractivity contribution in [1.82, 2.24) is 9.78 Å². The molecule has 0 amide bonds. The molecule has 1 aromatic rings. The first-order chi connectivity index (χ1) is 6.77. The minimum absolute atomic E-state index is 1.04. The van der Waals surface area contributed by atoms with Crippen LogP contribution in [0, 0.1) is 0 Å². The topological polar surface area (TPSA) is 17.8 Å². The van der Waals surface area contributed by atoms with Gasteiger partial charge in [0.15, 0.2) is 0 Å². The quantitative estimate of drug-likeness (QED) is 0.694. The van der Waals surface area contributed by atoms with Crippen LogP contribution in [0.25, 0.3) is 5.57 Å². The Morgan fingerprint density at radius 2 is 2.14 bits per heavy atom. The van der Waals surface area contributed by atoms with Crippen LogP contribution in [-0.4, -0.2) is 9.78 Å². The van der Waals surface area contributed by atoms with E-state index >= 15 is 0 Å². The smallest absolute Gasteiger partial charge is 0.0571 e. The fourth-order valence-electron chi connectivity index (χ4n) is 2.00. The van der Waals surface area contributed by atoms with E-state index in [1.165, 1.54) is 22.4 Å². The van der Waals surface area contributed by atoms with Crippen LogP contribution in [0.5, 0.6) is 0 Å². The van der Waals surface area contributed by atoms with Gasteiger partial charge in [-0.1, -0.05) is 25.3 Å². The first-order valence-corrected chi connectivity index (χ1v) is 4.77. The zero-order valence-electron chi connectivity index (χ0n) is 8.45. The van der Waals surface area contributed by atoms with E-state index in [1.54, 1.807) is 0 Å². The molecule has 1 aliphatic carbocycles. The largest absolute Gasteiger partial charge is 0.272 e. The molecule has 0 saturated carbocycles. The lowest BCUT2D eigenvalue weighted by molar-refractivity contribution is 0.700. The Balaban J connectivity index is 2.63. The van der Waals surface area contributed by atoms with Crippen molar-refractivity contribution in [3.05, 3.63) is 48.3 Å². The zero-order valence-corrected chi connectivity index (χ0v) is 8.45. The standard InChI is InChI=1S/C12H14N2/c1-4-9-6-7-12-11(10(9)5-2)8-13-14(12)3/h4-5,8H,1-2,6-7H2,3H3. The molecule has 1 heterocycles. The molecular weight excluding hydrogens is 172 g/mol. The van der Waals surface area contributed by atoms with Crippen molar-refractivity contribution >= 4 is 5.57 Å². The van der Waals surface area contributed by atoms with Gasteiger partial charge >= 0.3 is 0 Å². The molecule has 0 bridgehead atoms. The molecule has 0 aliphatic heterocycles. The molecule has 0 N–H and O–H groups in total. The molecule has 2 rings (SSSR count). The van der Waals surface area contributed by atoms with Crippen molar-refractivity contribution in [1.29, 1.82) is 0 Å². The molecule has 0 radical (unpaired) electrons. The van der Waals surface area contributed by atoms with Crippen molar-refractivity contribution in [3.63, 3.8) is 0 Å². The van der Waals surface area contributed by atoms with Gasteiger partial charge in [-0.05, 0) is 24.0 Å². The third-order valence-corrected chi connectivity index (χ3v) is 2.78. The molecule has 2 nitrogen and oxygen atoms in total. The average Bonchev–Trinajstić information content (AvgIpc) is 2.59. The minimum Gasteiger partial charge on any atom is -0.272 e. The van der Waals surface area contributed by atoms with Crippen molar-refractivity contribution in [2.75, 3.05) is 0 Å². The monoisotopic (exact) mass is 186 g/mol. The summed E-state index contributed by atoms with van der Waals surface area (Å²) in [6, 6.07) is 0. The summed E-state index contributed by atoms with van der Waals surface area (Å²) in [5.74, 6) is 0. The van der Waals surface area contributed by atoms with Crippen molar-refractivity contribution in [2.24, 2.45) is 7.05 Å². The maximum atomic E-state index is 4.27. The molecule has 1 aromatic heterocycles. The van der Waals surface area contributed by atoms with Crippen LogP contribution >= 0.6 is 0 Å². The second-order valence-corrected chi connectivity index (χ2v) is 3.48. The van der Waals surface area contributed by atoms with Gasteiger partial charge in [0.05, 0.1) is 6.20 Å². The van der Waals surface area contributed by atoms with Crippen molar-refractivity contribution in [3.8, 4) is 0 Å². The van der Waals surface area contributed by atoms with Gasteiger partial charge in [0.2, 0.25) is 0 Å². The summed E-state index contributed by atoms with van der Waals surface area (Å²) in [6.45, 7) is 7.68. The first-order valence-electron chi connectivity index (χ1n) is 4.77. The molecule has 1 aliphatic rings. The van der Waals surface area contributed by atoms with Gasteiger partial charge in [-0.15, -0.1) is 0 Å². The molecule has 72 valence electrons. The highest BCUT2D eigenvalue weighted by Gasteiger charge is 2.18. The zero-order chi connectivity index (χ0) is 10.1. The summed E-state index contributed by atoms with van der Waals surface area (Å²) in [6.07, 6.45) is 7.82. The number of fused-ring (bicyclic) bond motifs is 1. The van der Waals surface area contributed by atoms with E-state index in [1.807, 2.05) is 30.1 Å². The lowest BCUT2D eigenvalue weighted by Gasteiger charge is -2.16. The second kappa shape index (κ2) is 3.29. The normalized spacial score (nSPS) is 15.2. The summed E-state index contributed by atoms with van der Waals surface area (Å²) in [7, 11) is 1.98. The number of hydrogen-bond donors (Lipinski definition) is 0. The molecule has 0 atom stereocenters. The van der Waals surface area contributed by atoms with E-state index in [0.717, 1.165) is 12.8 Å². The number of allylic oxidation sites excluding steroid dienone is 4. The Bertz CT molecular complexity index is 422. The lowest BCUT2D eigenvalue weighted by atomic mass is 9.90. The van der Waals surface area contributed by atoms with Crippen LogP contribution in [-0.2, 0) is 13.5 Å². The predicted molar refractivity (Wildman–Crippen MR) is 58.8 cm³/mol. The van der Waals surface area contributed by atoms with E-state index in [-0.39, 0.29) is 0 Å². The van der Waals surface area contributed by atoms with Crippen LogP contribution in [0.15, 0.2) is 37.1 Å². The van der Waals surface area contributed by atoms with E-state index in [9.17, 15) is 0 Å². The Hall–Kier alpha value is -1.57. The molecule has 0 spiro atoms. The Labute approximate surface area is 84.2 Å². The van der Waals surface area contributed by atoms with Gasteiger partial charge in [-0.2, -0.15) is 5.10 Å². The van der Waals surface area contributed by atoms with Crippen molar-refractivity contribution in [2.45, 2.75) is 12.8 Å². The molecule has 14 heavy (non-hydrogen) atoms. The van der Waals surface area contributed by atoms with E-state index in [0.29, 0.717) is 0 Å². The number of nitrogens with zero attached hydrogens (tertiary/aromatic N) is 2. The molecule has 0 unspecified atom stereocenters. The fraction of sp³-hybridized carbons (Fsp3) is 0.250. The van der Waals surface area contributed by atoms with Crippen LogP contribution in [0.2, 0.25) is 0 Å². The van der Waals surface area contributed by atoms with E-state index in [4.69, 9.17) is 0 Å². The number of rotatable bonds is 2.